The summed E-state index contributed by atoms with van der Waals surface area (Å²) in [5, 5.41) is 0. The molecule has 1 aromatic carbocycles. The smallest absolute Gasteiger partial charge is 0 e. The van der Waals surface area contributed by atoms with Crippen LogP contribution >= 0.6 is 0 Å². The number of rotatable bonds is 0. The Morgan fingerprint density at radius 1 is 1.29 bits per heavy atom. The van der Waals surface area contributed by atoms with Gasteiger partial charge in [-0.1, -0.05) is 20.1 Å². The van der Waals surface area contributed by atoms with Gasteiger partial charge in [-0.05, 0) is 0 Å². The molecule has 0 aliphatic rings. The fourth-order valence-corrected chi connectivity index (χ4v) is 0.470. The summed E-state index contributed by atoms with van der Waals surface area (Å²) in [6, 6.07) is 8.24. The van der Waals surface area contributed by atoms with Crippen molar-refractivity contribution in [3.63, 3.8) is 0 Å². The molecular formula is C11H11MnO2-. The Hall–Kier alpha value is -1.13. The molecule has 0 aliphatic heterocycles. The van der Waals surface area contributed by atoms with Crippen LogP contribution in [0, 0.1) is 20.2 Å². The third-order valence-corrected chi connectivity index (χ3v) is 0.829. The van der Waals surface area contributed by atoms with Gasteiger partial charge in [-0.2, -0.15) is 17.7 Å². The van der Waals surface area contributed by atoms with Crippen molar-refractivity contribution in [2.45, 2.75) is 6.92 Å². The van der Waals surface area contributed by atoms with E-state index >= 15 is 0 Å². The third kappa shape index (κ3) is 30.7. The van der Waals surface area contributed by atoms with Gasteiger partial charge < -0.3 is 0 Å². The summed E-state index contributed by atoms with van der Waals surface area (Å²) in [5.74, 6) is 0. The van der Waals surface area contributed by atoms with Gasteiger partial charge in [0.05, 0.1) is 0 Å². The molecule has 1 aromatic rings. The first-order chi connectivity index (χ1) is 6.31. The van der Waals surface area contributed by atoms with Gasteiger partial charge in [-0.3, -0.25) is 0 Å². The van der Waals surface area contributed by atoms with Crippen LogP contribution in [0.25, 0.3) is 0 Å². The van der Waals surface area contributed by atoms with Gasteiger partial charge in [-0.25, -0.2) is 12.1 Å². The molecule has 75 valence electrons. The van der Waals surface area contributed by atoms with Crippen molar-refractivity contribution in [1.29, 1.82) is 0 Å². The van der Waals surface area contributed by atoms with E-state index in [1.807, 2.05) is 12.1 Å². The molecule has 0 aliphatic carbocycles. The Balaban J connectivity index is -0.0000000549. The van der Waals surface area contributed by atoms with Crippen molar-refractivity contribution in [3.8, 4) is 0 Å². The monoisotopic (exact) mass is 230 g/mol. The molecule has 0 saturated carbocycles. The zero-order chi connectivity index (χ0) is 11.1. The van der Waals surface area contributed by atoms with E-state index in [0.717, 1.165) is 0 Å². The van der Waals surface area contributed by atoms with Crippen molar-refractivity contribution >= 4 is 0 Å². The van der Waals surface area contributed by atoms with Gasteiger partial charge in [0.1, 0.15) is 0 Å². The van der Waals surface area contributed by atoms with Crippen molar-refractivity contribution < 1.29 is 26.4 Å². The molecule has 2 nitrogen and oxygen atoms in total. The van der Waals surface area contributed by atoms with Crippen LogP contribution in [-0.2, 0) is 26.4 Å². The van der Waals surface area contributed by atoms with Crippen LogP contribution in [0.4, 0.5) is 0 Å². The summed E-state index contributed by atoms with van der Waals surface area (Å²) in [6.07, 6.45) is 0. The zero-order valence-corrected chi connectivity index (χ0v) is 9.10. The standard InChI is InChI=1S/C6H7.C3H4.2CO.Mn/c1-6-4-2-3-5-6;1-3-2;2*1-2;/h2-5H,1H3;1-2H2;;;/q-1;;;;. The number of hydrogen-bond donors (Lipinski definition) is 0. The quantitative estimate of drug-likeness (QED) is 0.284. The molecule has 0 atom stereocenters. The molecule has 14 heavy (non-hydrogen) atoms. The SMILES string of the molecule is C=C=C.Cc1ccc[cH-]1.[C-]#[O+].[C-]#[O+].[Mn]. The Morgan fingerprint density at radius 2 is 1.64 bits per heavy atom. The predicted octanol–water partition coefficient (Wildman–Crippen LogP) is 2.59. The second-order valence-electron chi connectivity index (χ2n) is 1.71. The summed E-state index contributed by atoms with van der Waals surface area (Å²) < 4.78 is 15.0. The predicted molar refractivity (Wildman–Crippen MR) is 49.4 cm³/mol. The van der Waals surface area contributed by atoms with Crippen LogP contribution < -0.4 is 0 Å². The van der Waals surface area contributed by atoms with E-state index in [1.54, 1.807) is 0 Å². The van der Waals surface area contributed by atoms with E-state index in [-0.39, 0.29) is 17.1 Å². The Morgan fingerprint density at radius 3 is 1.71 bits per heavy atom. The zero-order valence-electron chi connectivity index (χ0n) is 7.92. The Labute approximate surface area is 95.6 Å². The normalized spacial score (nSPS) is 4.64. The number of hydrogen-bond acceptors (Lipinski definition) is 0. The molecule has 0 amide bonds. The first-order valence-corrected chi connectivity index (χ1v) is 3.19. The molecule has 3 heteroatoms. The molecule has 0 saturated heterocycles. The van der Waals surface area contributed by atoms with E-state index in [2.05, 4.69) is 51.2 Å². The van der Waals surface area contributed by atoms with Crippen molar-refractivity contribution in [1.82, 2.24) is 0 Å². The van der Waals surface area contributed by atoms with E-state index in [0.29, 0.717) is 0 Å². The second kappa shape index (κ2) is 29.7. The van der Waals surface area contributed by atoms with Gasteiger partial charge in [-0.15, -0.1) is 5.73 Å². The molecule has 1 rings (SSSR count). The molecule has 0 bridgehead atoms. The molecule has 0 aromatic heterocycles. The topological polar surface area (TPSA) is 39.8 Å². The summed E-state index contributed by atoms with van der Waals surface area (Å²) >= 11 is 0. The Bertz CT molecular complexity index is 233. The van der Waals surface area contributed by atoms with E-state index < -0.39 is 0 Å². The van der Waals surface area contributed by atoms with E-state index in [1.165, 1.54) is 5.56 Å². The fourth-order valence-electron chi connectivity index (χ4n) is 0.470. The average Bonchev–Trinajstić information content (AvgIpc) is 2.64. The van der Waals surface area contributed by atoms with Gasteiger partial charge in [0, 0.05) is 17.1 Å². The van der Waals surface area contributed by atoms with Gasteiger partial charge in [0.2, 0.25) is 0 Å². The second-order valence-corrected chi connectivity index (χ2v) is 1.71. The maximum Gasteiger partial charge on any atom is 0 e. The van der Waals surface area contributed by atoms with E-state index in [9.17, 15) is 0 Å². The molecule has 0 fully saturated rings. The van der Waals surface area contributed by atoms with E-state index in [4.69, 9.17) is 9.30 Å². The van der Waals surface area contributed by atoms with Gasteiger partial charge in [0.15, 0.2) is 0 Å². The molecule has 1 radical (unpaired) electrons. The van der Waals surface area contributed by atoms with Crippen LogP contribution in [0.3, 0.4) is 0 Å². The largest absolute Gasteiger partial charge is 0 e. The van der Waals surface area contributed by atoms with Crippen molar-refractivity contribution in [2.75, 3.05) is 0 Å². The molecule has 0 unspecified atom stereocenters. The molecule has 0 heterocycles. The van der Waals surface area contributed by atoms with Crippen LogP contribution in [-0.4, -0.2) is 0 Å². The first-order valence-electron chi connectivity index (χ1n) is 3.19. The van der Waals surface area contributed by atoms with Crippen molar-refractivity contribution in [2.24, 2.45) is 0 Å². The van der Waals surface area contributed by atoms with Crippen molar-refractivity contribution in [3.05, 3.63) is 62.0 Å². The minimum Gasteiger partial charge on any atom is 0 e. The third-order valence-electron chi connectivity index (χ3n) is 0.829. The average molecular weight is 230 g/mol. The van der Waals surface area contributed by atoms with Crippen LogP contribution in [0.5, 0.6) is 0 Å². The summed E-state index contributed by atoms with van der Waals surface area (Å²) in [7, 11) is 0. The molecular weight excluding hydrogens is 219 g/mol. The minimum absolute atomic E-state index is 0. The van der Waals surface area contributed by atoms with Crippen LogP contribution in [0.15, 0.2) is 43.2 Å². The Kier molecular flexibility index (Phi) is 48.9. The summed E-state index contributed by atoms with van der Waals surface area (Å²) in [6.45, 7) is 17.3. The number of aryl methyl sites for hydroxylation is 1. The molecule has 0 spiro atoms. The first kappa shape index (κ1) is 23.0. The van der Waals surface area contributed by atoms with Crippen LogP contribution in [0.1, 0.15) is 5.56 Å². The minimum atomic E-state index is 0. The fraction of sp³-hybridized carbons (Fsp3) is 0.0909. The maximum atomic E-state index is 7.50. The van der Waals surface area contributed by atoms with Gasteiger partial charge >= 0.3 is 22.6 Å². The summed E-state index contributed by atoms with van der Waals surface area (Å²) in [5.41, 5.74) is 3.59. The maximum absolute atomic E-state index is 7.50. The molecule has 0 N–H and O–H groups in total. The van der Waals surface area contributed by atoms with Crippen LogP contribution in [0.2, 0.25) is 0 Å². The van der Waals surface area contributed by atoms with Gasteiger partial charge in [0.25, 0.3) is 0 Å². The summed E-state index contributed by atoms with van der Waals surface area (Å²) in [4.78, 5) is 0.